The van der Waals surface area contributed by atoms with E-state index in [1.54, 1.807) is 35.6 Å². The number of hydrogen-bond acceptors (Lipinski definition) is 5. The predicted molar refractivity (Wildman–Crippen MR) is 161 cm³/mol. The van der Waals surface area contributed by atoms with E-state index in [-0.39, 0.29) is 5.91 Å². The van der Waals surface area contributed by atoms with Gasteiger partial charge in [-0.25, -0.2) is 4.79 Å². The van der Waals surface area contributed by atoms with Crippen molar-refractivity contribution in [3.63, 3.8) is 0 Å². The summed E-state index contributed by atoms with van der Waals surface area (Å²) >= 11 is 1.67. The number of fused-ring (bicyclic) bond motifs is 2. The van der Waals surface area contributed by atoms with Crippen molar-refractivity contribution in [3.8, 4) is 5.00 Å². The zero-order valence-corrected chi connectivity index (χ0v) is 23.4. The maximum atomic E-state index is 13.7. The molecular formula is C31H29N5O3S. The number of H-pyrrole nitrogens is 1. The lowest BCUT2D eigenvalue weighted by Gasteiger charge is -2.14. The first-order chi connectivity index (χ1) is 19.3. The van der Waals surface area contributed by atoms with Gasteiger partial charge in [-0.3, -0.25) is 9.59 Å². The lowest BCUT2D eigenvalue weighted by atomic mass is 9.95. The maximum Gasteiger partial charge on any atom is 0.349 e. The summed E-state index contributed by atoms with van der Waals surface area (Å²) < 4.78 is 2.93. The maximum absolute atomic E-state index is 13.7. The second-order valence-electron chi connectivity index (χ2n) is 10.2. The number of aromatic amines is 1. The van der Waals surface area contributed by atoms with Crippen molar-refractivity contribution < 1.29 is 4.79 Å². The SMILES string of the molecule is Cc1ccc(NC(=O)c2c(-n3c(C)cc(C=Nn4c(=O)[nH]c5ccccc5c4=O)c3C)sc3c2CCCC3)cc1. The van der Waals surface area contributed by atoms with E-state index in [1.807, 2.05) is 51.1 Å². The molecule has 0 spiro atoms. The molecule has 0 radical (unpaired) electrons. The third-order valence-corrected chi connectivity index (χ3v) is 8.74. The van der Waals surface area contributed by atoms with Crippen molar-refractivity contribution in [2.45, 2.75) is 46.5 Å². The molecule has 9 heteroatoms. The van der Waals surface area contributed by atoms with Crippen molar-refractivity contribution in [3.05, 3.63) is 114 Å². The fourth-order valence-electron chi connectivity index (χ4n) is 5.38. The Morgan fingerprint density at radius 3 is 2.58 bits per heavy atom. The van der Waals surface area contributed by atoms with Crippen molar-refractivity contribution in [1.82, 2.24) is 14.2 Å². The average molecular weight is 552 g/mol. The molecule has 1 aliphatic rings. The summed E-state index contributed by atoms with van der Waals surface area (Å²) in [5.41, 5.74) is 5.69. The molecule has 0 atom stereocenters. The van der Waals surface area contributed by atoms with Crippen LogP contribution in [0.4, 0.5) is 5.69 Å². The molecule has 6 rings (SSSR count). The van der Waals surface area contributed by atoms with Crippen LogP contribution in [0, 0.1) is 20.8 Å². The molecule has 0 aliphatic heterocycles. The van der Waals surface area contributed by atoms with Gasteiger partial charge in [0.1, 0.15) is 5.00 Å². The van der Waals surface area contributed by atoms with Gasteiger partial charge < -0.3 is 14.9 Å². The fourth-order valence-corrected chi connectivity index (χ4v) is 6.88. The van der Waals surface area contributed by atoms with E-state index in [2.05, 4.69) is 20.0 Å². The van der Waals surface area contributed by atoms with Gasteiger partial charge in [0, 0.05) is 27.5 Å². The zero-order chi connectivity index (χ0) is 28.0. The molecule has 0 saturated carbocycles. The Kier molecular flexibility index (Phi) is 6.59. The first-order valence-corrected chi connectivity index (χ1v) is 14.1. The number of carbonyl (C=O) groups excluding carboxylic acids is 1. The van der Waals surface area contributed by atoms with Crippen LogP contribution in [0.25, 0.3) is 15.9 Å². The molecule has 202 valence electrons. The van der Waals surface area contributed by atoms with Crippen molar-refractivity contribution in [1.29, 1.82) is 0 Å². The van der Waals surface area contributed by atoms with Gasteiger partial charge in [0.05, 0.1) is 22.7 Å². The highest BCUT2D eigenvalue weighted by molar-refractivity contribution is 7.15. The number of rotatable bonds is 5. The number of carbonyl (C=O) groups is 1. The monoisotopic (exact) mass is 551 g/mol. The highest BCUT2D eigenvalue weighted by Gasteiger charge is 2.28. The van der Waals surface area contributed by atoms with Crippen LogP contribution in [-0.2, 0) is 12.8 Å². The molecule has 0 saturated heterocycles. The zero-order valence-electron chi connectivity index (χ0n) is 22.6. The lowest BCUT2D eigenvalue weighted by Crippen LogP contribution is -2.32. The van der Waals surface area contributed by atoms with Crippen LogP contribution in [0.2, 0.25) is 0 Å². The van der Waals surface area contributed by atoms with Crippen LogP contribution in [0.5, 0.6) is 0 Å². The molecule has 2 N–H and O–H groups in total. The summed E-state index contributed by atoms with van der Waals surface area (Å²) in [6.07, 6.45) is 5.55. The van der Waals surface area contributed by atoms with Crippen LogP contribution < -0.4 is 16.6 Å². The Morgan fingerprint density at radius 2 is 1.77 bits per heavy atom. The van der Waals surface area contributed by atoms with Crippen LogP contribution in [-0.4, -0.2) is 26.3 Å². The molecule has 1 aliphatic carbocycles. The van der Waals surface area contributed by atoms with Gasteiger partial charge in [-0.2, -0.15) is 5.10 Å². The predicted octanol–water partition coefficient (Wildman–Crippen LogP) is 5.48. The Bertz CT molecular complexity index is 1920. The molecule has 40 heavy (non-hydrogen) atoms. The van der Waals surface area contributed by atoms with Crippen molar-refractivity contribution in [2.24, 2.45) is 5.10 Å². The third kappa shape index (κ3) is 4.52. The summed E-state index contributed by atoms with van der Waals surface area (Å²) in [7, 11) is 0. The average Bonchev–Trinajstić information content (AvgIpc) is 3.45. The number of amides is 1. The van der Waals surface area contributed by atoms with Crippen LogP contribution in [0.15, 0.2) is 69.3 Å². The second-order valence-corrected chi connectivity index (χ2v) is 11.3. The van der Waals surface area contributed by atoms with E-state index < -0.39 is 11.2 Å². The number of hydrogen-bond donors (Lipinski definition) is 2. The summed E-state index contributed by atoms with van der Waals surface area (Å²) in [5.74, 6) is -0.116. The number of nitrogens with zero attached hydrogens (tertiary/aromatic N) is 3. The fraction of sp³-hybridized carbons (Fsp3) is 0.226. The summed E-state index contributed by atoms with van der Waals surface area (Å²) in [6, 6.07) is 16.6. The summed E-state index contributed by atoms with van der Waals surface area (Å²) in [6.45, 7) is 5.96. The first-order valence-electron chi connectivity index (χ1n) is 13.3. The van der Waals surface area contributed by atoms with E-state index in [0.717, 1.165) is 69.1 Å². The quantitative estimate of drug-likeness (QED) is 0.283. The van der Waals surface area contributed by atoms with Crippen molar-refractivity contribution in [2.75, 3.05) is 5.32 Å². The molecule has 0 bridgehead atoms. The van der Waals surface area contributed by atoms with Gasteiger partial charge in [-0.1, -0.05) is 29.8 Å². The minimum Gasteiger partial charge on any atom is -0.322 e. The van der Waals surface area contributed by atoms with Crippen LogP contribution in [0.3, 0.4) is 0 Å². The summed E-state index contributed by atoms with van der Waals surface area (Å²) in [4.78, 5) is 43.2. The highest BCUT2D eigenvalue weighted by Crippen LogP contribution is 2.39. The van der Waals surface area contributed by atoms with E-state index in [9.17, 15) is 14.4 Å². The van der Waals surface area contributed by atoms with Gasteiger partial charge in [-0.05, 0) is 82.3 Å². The number of nitrogens with one attached hydrogen (secondary N) is 2. The molecule has 5 aromatic rings. The standard InChI is InChI=1S/C31H29N5O3S/c1-18-12-14-22(15-13-18)33-28(37)27-24-9-5-7-11-26(24)40-30(27)35-19(2)16-21(20(35)3)17-32-36-29(38)23-8-4-6-10-25(23)34-31(36)39/h4,6,8,10,12-17H,5,7,9,11H2,1-3H3,(H,33,37)(H,34,39). The molecule has 8 nitrogen and oxygen atoms in total. The van der Waals surface area contributed by atoms with Crippen LogP contribution >= 0.6 is 11.3 Å². The van der Waals surface area contributed by atoms with E-state index in [4.69, 9.17) is 0 Å². The van der Waals surface area contributed by atoms with Crippen LogP contribution in [0.1, 0.15) is 56.2 Å². The molecule has 1 amide bonds. The Hall–Kier alpha value is -4.50. The molecular weight excluding hydrogens is 522 g/mol. The minimum atomic E-state index is -0.602. The molecule has 3 aromatic heterocycles. The van der Waals surface area contributed by atoms with Crippen molar-refractivity contribution >= 4 is 40.0 Å². The Balaban J connectivity index is 1.41. The largest absolute Gasteiger partial charge is 0.349 e. The van der Waals surface area contributed by atoms with E-state index in [0.29, 0.717) is 16.5 Å². The number of aryl methyl sites for hydroxylation is 3. The number of anilines is 1. The number of thiophene rings is 1. The number of para-hydroxylation sites is 1. The van der Waals surface area contributed by atoms with Gasteiger partial charge in [0.2, 0.25) is 0 Å². The number of aromatic nitrogens is 3. The smallest absolute Gasteiger partial charge is 0.322 e. The lowest BCUT2D eigenvalue weighted by molar-refractivity contribution is 0.102. The summed E-state index contributed by atoms with van der Waals surface area (Å²) in [5, 5.41) is 8.64. The Labute approximate surface area is 234 Å². The van der Waals surface area contributed by atoms with Gasteiger partial charge in [0.25, 0.3) is 11.5 Å². The normalized spacial score (nSPS) is 13.2. The molecule has 3 heterocycles. The molecule has 0 fully saturated rings. The highest BCUT2D eigenvalue weighted by atomic mass is 32.1. The Morgan fingerprint density at radius 1 is 1.02 bits per heavy atom. The van der Waals surface area contributed by atoms with Gasteiger partial charge >= 0.3 is 5.69 Å². The number of benzene rings is 2. The first kappa shape index (κ1) is 25.8. The topological polar surface area (TPSA) is 101 Å². The molecule has 0 unspecified atom stereocenters. The third-order valence-electron chi connectivity index (χ3n) is 7.46. The second kappa shape index (κ2) is 10.2. The van der Waals surface area contributed by atoms with E-state index >= 15 is 0 Å². The minimum absolute atomic E-state index is 0.116. The molecule has 2 aromatic carbocycles. The van der Waals surface area contributed by atoms with Gasteiger partial charge in [0.15, 0.2) is 0 Å². The van der Waals surface area contributed by atoms with Gasteiger partial charge in [-0.15, -0.1) is 16.0 Å². The van der Waals surface area contributed by atoms with E-state index in [1.165, 1.54) is 11.1 Å².